The van der Waals surface area contributed by atoms with E-state index in [2.05, 4.69) is 4.72 Å². The first kappa shape index (κ1) is 17.2. The molecule has 0 radical (unpaired) electrons. The van der Waals surface area contributed by atoms with Crippen molar-refractivity contribution in [3.8, 4) is 11.5 Å². The van der Waals surface area contributed by atoms with Crippen LogP contribution in [0.5, 0.6) is 11.5 Å². The Kier molecular flexibility index (Phi) is 5.32. The summed E-state index contributed by atoms with van der Waals surface area (Å²) in [5.41, 5.74) is -1.02. The fourth-order valence-electron chi connectivity index (χ4n) is 2.29. The molecule has 3 rings (SSSR count). The summed E-state index contributed by atoms with van der Waals surface area (Å²) in [4.78, 5) is 0.110. The van der Waals surface area contributed by atoms with Crippen LogP contribution >= 0.6 is 23.5 Å². The largest absolute Gasteiger partial charge is 0.486 e. The molecule has 6 nitrogen and oxygen atoms in total. The van der Waals surface area contributed by atoms with Crippen molar-refractivity contribution in [1.82, 2.24) is 4.72 Å². The average molecular weight is 378 g/mol. The van der Waals surface area contributed by atoms with Gasteiger partial charge in [0, 0.05) is 35.6 Å². The van der Waals surface area contributed by atoms with Gasteiger partial charge in [-0.05, 0) is 12.1 Å². The number of rotatable bonds is 4. The first-order valence-corrected chi connectivity index (χ1v) is 11.1. The molecule has 0 aromatic heterocycles. The van der Waals surface area contributed by atoms with E-state index in [1.807, 2.05) is 0 Å². The highest BCUT2D eigenvalue weighted by Gasteiger charge is 2.31. The van der Waals surface area contributed by atoms with E-state index in [0.29, 0.717) is 36.2 Å². The normalized spacial score (nSPS) is 20.7. The van der Waals surface area contributed by atoms with Crippen molar-refractivity contribution in [2.75, 3.05) is 42.8 Å². The van der Waals surface area contributed by atoms with Gasteiger partial charge in [-0.15, -0.1) is 0 Å². The second-order valence-corrected chi connectivity index (χ2v) is 9.44. The first-order valence-electron chi connectivity index (χ1n) is 7.26. The summed E-state index contributed by atoms with van der Waals surface area (Å²) in [6.45, 7) is 0.863. The second-order valence-electron chi connectivity index (χ2n) is 5.46. The van der Waals surface area contributed by atoms with Crippen molar-refractivity contribution in [3.05, 3.63) is 18.2 Å². The Bertz CT molecular complexity index is 656. The smallest absolute Gasteiger partial charge is 0.240 e. The molecule has 0 aliphatic carbocycles. The van der Waals surface area contributed by atoms with Crippen LogP contribution in [-0.2, 0) is 10.0 Å². The summed E-state index contributed by atoms with van der Waals surface area (Å²) in [5, 5.41) is 10.5. The van der Waals surface area contributed by atoms with E-state index in [1.165, 1.54) is 12.1 Å². The van der Waals surface area contributed by atoms with Crippen LogP contribution in [-0.4, -0.2) is 61.9 Å². The van der Waals surface area contributed by atoms with Crippen molar-refractivity contribution in [3.63, 3.8) is 0 Å². The van der Waals surface area contributed by atoms with E-state index in [4.69, 9.17) is 9.47 Å². The lowest BCUT2D eigenvalue weighted by atomic mass is 10.1. The number of hydrogen-bond donors (Lipinski definition) is 2. The van der Waals surface area contributed by atoms with E-state index in [0.717, 1.165) is 11.5 Å². The zero-order valence-electron chi connectivity index (χ0n) is 12.5. The van der Waals surface area contributed by atoms with Gasteiger partial charge in [-0.2, -0.15) is 23.5 Å². The van der Waals surface area contributed by atoms with Gasteiger partial charge >= 0.3 is 0 Å². The van der Waals surface area contributed by atoms with Crippen molar-refractivity contribution in [1.29, 1.82) is 0 Å². The van der Waals surface area contributed by atoms with Gasteiger partial charge in [-0.1, -0.05) is 0 Å². The van der Waals surface area contributed by atoms with Crippen molar-refractivity contribution in [2.24, 2.45) is 0 Å². The summed E-state index contributed by atoms with van der Waals surface area (Å²) in [7, 11) is -3.71. The third-order valence-corrected chi connectivity index (χ3v) is 7.65. The second kappa shape index (κ2) is 7.10. The number of fused-ring (bicyclic) bond motifs is 1. The Morgan fingerprint density at radius 2 is 1.78 bits per heavy atom. The summed E-state index contributed by atoms with van der Waals surface area (Å²) in [6, 6.07) is 4.53. The summed E-state index contributed by atoms with van der Waals surface area (Å²) < 4.78 is 38.2. The molecular formula is C14H19NO5S3. The fraction of sp³-hybridized carbons (Fsp3) is 0.571. The number of nitrogens with one attached hydrogen (secondary N) is 1. The molecule has 1 aromatic carbocycles. The van der Waals surface area contributed by atoms with Crippen molar-refractivity contribution < 1.29 is 23.0 Å². The first-order chi connectivity index (χ1) is 11.0. The van der Waals surface area contributed by atoms with E-state index in [-0.39, 0.29) is 11.4 Å². The Balaban J connectivity index is 1.71. The van der Waals surface area contributed by atoms with Gasteiger partial charge in [0.25, 0.3) is 0 Å². The Labute approximate surface area is 144 Å². The molecule has 2 aliphatic rings. The maximum absolute atomic E-state index is 12.5. The Hall–Kier alpha value is -0.610. The lowest BCUT2D eigenvalue weighted by molar-refractivity contribution is 0.0962. The quantitative estimate of drug-likeness (QED) is 0.808. The molecule has 1 fully saturated rings. The van der Waals surface area contributed by atoms with Crippen molar-refractivity contribution in [2.45, 2.75) is 10.5 Å². The highest BCUT2D eigenvalue weighted by Crippen LogP contribution is 2.32. The van der Waals surface area contributed by atoms with Crippen LogP contribution in [0.25, 0.3) is 0 Å². The predicted octanol–water partition coefficient (Wildman–Crippen LogP) is 0.947. The van der Waals surface area contributed by atoms with Crippen LogP contribution in [0.1, 0.15) is 0 Å². The maximum atomic E-state index is 12.5. The molecule has 128 valence electrons. The molecule has 0 atom stereocenters. The standard InChI is InChI=1S/C14H19NO5S3/c16-14(9-21-5-6-22-10-14)8-15-23(17,18)11-1-2-12-13(7-11)20-4-3-19-12/h1-2,7,15-16H,3-6,8-10H2. The van der Waals surface area contributed by atoms with E-state index < -0.39 is 15.6 Å². The van der Waals surface area contributed by atoms with Gasteiger partial charge in [0.1, 0.15) is 13.2 Å². The lowest BCUT2D eigenvalue weighted by Crippen LogP contribution is -2.46. The van der Waals surface area contributed by atoms with Crippen LogP contribution in [0.4, 0.5) is 0 Å². The Morgan fingerprint density at radius 3 is 2.48 bits per heavy atom. The molecule has 2 heterocycles. The molecule has 0 unspecified atom stereocenters. The van der Waals surface area contributed by atoms with E-state index in [1.54, 1.807) is 29.6 Å². The van der Waals surface area contributed by atoms with Crippen LogP contribution in [0, 0.1) is 0 Å². The molecule has 0 bridgehead atoms. The molecule has 2 N–H and O–H groups in total. The maximum Gasteiger partial charge on any atom is 0.240 e. The average Bonchev–Trinajstić information content (AvgIpc) is 2.78. The SMILES string of the molecule is O=S(=O)(NCC1(O)CSCCSC1)c1ccc2c(c1)OCCO2. The number of aliphatic hydroxyl groups is 1. The molecule has 9 heteroatoms. The van der Waals surface area contributed by atoms with Crippen molar-refractivity contribution >= 4 is 33.5 Å². The third-order valence-electron chi connectivity index (χ3n) is 3.53. The van der Waals surface area contributed by atoms with Gasteiger partial charge in [-0.3, -0.25) is 0 Å². The monoisotopic (exact) mass is 377 g/mol. The highest BCUT2D eigenvalue weighted by molar-refractivity contribution is 8.03. The van der Waals surface area contributed by atoms with Gasteiger partial charge in [0.2, 0.25) is 10.0 Å². The summed E-state index contributed by atoms with van der Waals surface area (Å²) in [5.74, 6) is 3.99. The Morgan fingerprint density at radius 1 is 1.13 bits per heavy atom. The molecule has 1 saturated heterocycles. The van der Waals surface area contributed by atoms with Crippen LogP contribution in [0.15, 0.2) is 23.1 Å². The van der Waals surface area contributed by atoms with Gasteiger partial charge < -0.3 is 14.6 Å². The number of hydrogen-bond acceptors (Lipinski definition) is 7. The highest BCUT2D eigenvalue weighted by atomic mass is 32.2. The summed E-state index contributed by atoms with van der Waals surface area (Å²) >= 11 is 3.29. The number of thioether (sulfide) groups is 2. The molecular weight excluding hydrogens is 358 g/mol. The van der Waals surface area contributed by atoms with Gasteiger partial charge in [0.15, 0.2) is 11.5 Å². The van der Waals surface area contributed by atoms with Gasteiger partial charge in [-0.25, -0.2) is 13.1 Å². The van der Waals surface area contributed by atoms with Gasteiger partial charge in [0.05, 0.1) is 10.5 Å². The minimum Gasteiger partial charge on any atom is -0.486 e. The molecule has 0 spiro atoms. The topological polar surface area (TPSA) is 84.9 Å². The molecule has 2 aliphatic heterocycles. The fourth-order valence-corrected chi connectivity index (χ4v) is 5.95. The minimum atomic E-state index is -3.71. The minimum absolute atomic E-state index is 0.00375. The number of benzene rings is 1. The van der Waals surface area contributed by atoms with E-state index >= 15 is 0 Å². The summed E-state index contributed by atoms with van der Waals surface area (Å²) in [6.07, 6.45) is 0. The lowest BCUT2D eigenvalue weighted by Gasteiger charge is -2.26. The predicted molar refractivity (Wildman–Crippen MR) is 92.2 cm³/mol. The van der Waals surface area contributed by atoms with Crippen LogP contribution in [0.2, 0.25) is 0 Å². The molecule has 0 saturated carbocycles. The molecule has 0 amide bonds. The van der Waals surface area contributed by atoms with Crippen LogP contribution < -0.4 is 14.2 Å². The molecule has 23 heavy (non-hydrogen) atoms. The number of ether oxygens (including phenoxy) is 2. The number of sulfonamides is 1. The zero-order chi connectivity index (χ0) is 16.3. The zero-order valence-corrected chi connectivity index (χ0v) is 14.9. The van der Waals surface area contributed by atoms with Crippen LogP contribution in [0.3, 0.4) is 0 Å². The molecule has 1 aromatic rings. The third kappa shape index (κ3) is 4.27. The van der Waals surface area contributed by atoms with E-state index in [9.17, 15) is 13.5 Å².